The molecule has 2 aromatic carbocycles. The van der Waals surface area contributed by atoms with Crippen molar-refractivity contribution in [2.24, 2.45) is 5.92 Å². The summed E-state index contributed by atoms with van der Waals surface area (Å²) >= 11 is 0. The Kier molecular flexibility index (Phi) is 5.33. The van der Waals surface area contributed by atoms with Gasteiger partial charge in [-0.1, -0.05) is 42.5 Å². The van der Waals surface area contributed by atoms with Crippen molar-refractivity contribution >= 4 is 11.8 Å². The lowest BCUT2D eigenvalue weighted by atomic mass is 10.1. The van der Waals surface area contributed by atoms with E-state index in [1.165, 1.54) is 5.56 Å². The van der Waals surface area contributed by atoms with Crippen LogP contribution in [0.25, 0.3) is 0 Å². The van der Waals surface area contributed by atoms with Crippen molar-refractivity contribution in [1.82, 2.24) is 9.80 Å². The molecule has 5 nitrogen and oxygen atoms in total. The molecule has 2 amide bonds. The first-order valence-corrected chi connectivity index (χ1v) is 9.90. The molecule has 0 unspecified atom stereocenters. The second-order valence-corrected chi connectivity index (χ2v) is 7.59. The van der Waals surface area contributed by atoms with Crippen LogP contribution in [0.15, 0.2) is 54.6 Å². The Labute approximate surface area is 165 Å². The lowest BCUT2D eigenvalue weighted by molar-refractivity contribution is -0.140. The molecule has 1 saturated carbocycles. The fourth-order valence-electron chi connectivity index (χ4n) is 3.98. The summed E-state index contributed by atoms with van der Waals surface area (Å²) in [6, 6.07) is 17.9. The van der Waals surface area contributed by atoms with Crippen molar-refractivity contribution in [3.63, 3.8) is 0 Å². The van der Waals surface area contributed by atoms with Crippen molar-refractivity contribution in [1.29, 1.82) is 0 Å². The number of ether oxygens (including phenoxy) is 1. The smallest absolute Gasteiger partial charge is 0.227 e. The first-order chi connectivity index (χ1) is 13.7. The molecule has 2 fully saturated rings. The number of piperazine rings is 1. The minimum atomic E-state index is 0.115. The van der Waals surface area contributed by atoms with Crippen LogP contribution in [0.2, 0.25) is 0 Å². The van der Waals surface area contributed by atoms with Gasteiger partial charge < -0.3 is 14.5 Å². The zero-order chi connectivity index (χ0) is 19.5. The third-order valence-corrected chi connectivity index (χ3v) is 5.79. The first kappa shape index (κ1) is 18.5. The Morgan fingerprint density at radius 1 is 0.929 bits per heavy atom. The van der Waals surface area contributed by atoms with Gasteiger partial charge in [-0.15, -0.1) is 0 Å². The van der Waals surface area contributed by atoms with Crippen molar-refractivity contribution in [2.75, 3.05) is 33.3 Å². The average molecular weight is 378 g/mol. The lowest BCUT2D eigenvalue weighted by Crippen LogP contribution is -2.51. The monoisotopic (exact) mass is 378 g/mol. The van der Waals surface area contributed by atoms with Crippen LogP contribution in [0.3, 0.4) is 0 Å². The Balaban J connectivity index is 1.26. The third-order valence-electron chi connectivity index (χ3n) is 5.79. The number of hydrogen-bond donors (Lipinski definition) is 0. The normalized spacial score (nSPS) is 21.3. The van der Waals surface area contributed by atoms with Gasteiger partial charge in [0.2, 0.25) is 11.8 Å². The van der Waals surface area contributed by atoms with E-state index in [1.54, 1.807) is 7.11 Å². The highest BCUT2D eigenvalue weighted by molar-refractivity contribution is 5.84. The molecule has 0 N–H and O–H groups in total. The van der Waals surface area contributed by atoms with Crippen LogP contribution in [0.4, 0.5) is 0 Å². The van der Waals surface area contributed by atoms with Gasteiger partial charge in [0.05, 0.1) is 13.5 Å². The van der Waals surface area contributed by atoms with Crippen molar-refractivity contribution in [2.45, 2.75) is 18.8 Å². The van der Waals surface area contributed by atoms with E-state index in [9.17, 15) is 9.59 Å². The first-order valence-electron chi connectivity index (χ1n) is 9.90. The molecule has 0 spiro atoms. The van der Waals surface area contributed by atoms with Crippen LogP contribution in [0.5, 0.6) is 5.75 Å². The molecular weight excluding hydrogens is 352 g/mol. The molecule has 5 heteroatoms. The summed E-state index contributed by atoms with van der Waals surface area (Å²) in [5.74, 6) is 1.63. The predicted molar refractivity (Wildman–Crippen MR) is 107 cm³/mol. The molecule has 0 radical (unpaired) electrons. The van der Waals surface area contributed by atoms with E-state index < -0.39 is 0 Å². The molecule has 1 saturated heterocycles. The maximum absolute atomic E-state index is 12.8. The van der Waals surface area contributed by atoms with E-state index in [0.29, 0.717) is 38.5 Å². The van der Waals surface area contributed by atoms with Gasteiger partial charge in [0.1, 0.15) is 5.75 Å². The van der Waals surface area contributed by atoms with E-state index in [2.05, 4.69) is 12.1 Å². The van der Waals surface area contributed by atoms with Crippen molar-refractivity contribution < 1.29 is 14.3 Å². The summed E-state index contributed by atoms with van der Waals surface area (Å²) in [5, 5.41) is 0. The molecule has 2 atom stereocenters. The minimum Gasteiger partial charge on any atom is -0.497 e. The number of nitrogens with zero attached hydrogens (tertiary/aromatic N) is 2. The summed E-state index contributed by atoms with van der Waals surface area (Å²) in [5.41, 5.74) is 2.24. The topological polar surface area (TPSA) is 49.9 Å². The highest BCUT2D eigenvalue weighted by Gasteiger charge is 2.46. The second-order valence-electron chi connectivity index (χ2n) is 7.59. The van der Waals surface area contributed by atoms with Gasteiger partial charge in [-0.2, -0.15) is 0 Å². The number of rotatable bonds is 5. The number of hydrogen-bond acceptors (Lipinski definition) is 3. The van der Waals surface area contributed by atoms with Gasteiger partial charge in [-0.05, 0) is 35.6 Å². The average Bonchev–Trinajstić information content (AvgIpc) is 3.55. The van der Waals surface area contributed by atoms with Crippen LogP contribution in [0.1, 0.15) is 23.5 Å². The van der Waals surface area contributed by atoms with E-state index in [-0.39, 0.29) is 17.7 Å². The molecule has 1 aliphatic heterocycles. The van der Waals surface area contributed by atoms with Crippen molar-refractivity contribution in [3.8, 4) is 5.75 Å². The van der Waals surface area contributed by atoms with Gasteiger partial charge >= 0.3 is 0 Å². The van der Waals surface area contributed by atoms with E-state index in [4.69, 9.17) is 4.74 Å². The summed E-state index contributed by atoms with van der Waals surface area (Å²) in [6.45, 7) is 2.49. The molecule has 0 aromatic heterocycles. The van der Waals surface area contributed by atoms with Crippen LogP contribution < -0.4 is 4.74 Å². The molecule has 1 aliphatic carbocycles. The lowest BCUT2D eigenvalue weighted by Gasteiger charge is -2.35. The van der Waals surface area contributed by atoms with Gasteiger partial charge in [-0.25, -0.2) is 0 Å². The minimum absolute atomic E-state index is 0.115. The number of amides is 2. The molecule has 2 aliphatic rings. The number of methoxy groups -OCH3 is 1. The zero-order valence-electron chi connectivity index (χ0n) is 16.2. The van der Waals surface area contributed by atoms with Crippen LogP contribution in [0, 0.1) is 5.92 Å². The van der Waals surface area contributed by atoms with Crippen LogP contribution in [-0.4, -0.2) is 54.9 Å². The standard InChI is InChI=1S/C23H26N2O3/c1-28-19-9-7-17(8-10-19)15-22(26)24-11-13-25(14-12-24)23(27)21-16-20(21)18-5-3-2-4-6-18/h2-10,20-21H,11-16H2,1H3/t20-,21+/m1/s1. The molecule has 2 aromatic rings. The Hall–Kier alpha value is -2.82. The second kappa shape index (κ2) is 8.05. The van der Waals surface area contributed by atoms with Crippen LogP contribution >= 0.6 is 0 Å². The Morgan fingerprint density at radius 2 is 1.57 bits per heavy atom. The van der Waals surface area contributed by atoms with Gasteiger partial charge in [0, 0.05) is 32.1 Å². The highest BCUT2D eigenvalue weighted by Crippen LogP contribution is 2.48. The maximum Gasteiger partial charge on any atom is 0.227 e. The summed E-state index contributed by atoms with van der Waals surface area (Å²) < 4.78 is 5.15. The zero-order valence-corrected chi connectivity index (χ0v) is 16.2. The van der Waals surface area contributed by atoms with Crippen LogP contribution in [-0.2, 0) is 16.0 Å². The number of benzene rings is 2. The fraction of sp³-hybridized carbons (Fsp3) is 0.391. The van der Waals surface area contributed by atoms with Gasteiger partial charge in [0.15, 0.2) is 0 Å². The predicted octanol–water partition coefficient (Wildman–Crippen LogP) is 2.71. The molecular formula is C23H26N2O3. The van der Waals surface area contributed by atoms with E-state index in [1.807, 2.05) is 52.3 Å². The Morgan fingerprint density at radius 3 is 2.21 bits per heavy atom. The summed E-state index contributed by atoms with van der Waals surface area (Å²) in [6.07, 6.45) is 1.33. The highest BCUT2D eigenvalue weighted by atomic mass is 16.5. The molecule has 1 heterocycles. The molecule has 4 rings (SSSR count). The summed E-state index contributed by atoms with van der Waals surface area (Å²) in [4.78, 5) is 29.2. The maximum atomic E-state index is 12.8. The number of carbonyl (C=O) groups excluding carboxylic acids is 2. The molecule has 0 bridgehead atoms. The van der Waals surface area contributed by atoms with Gasteiger partial charge in [-0.3, -0.25) is 9.59 Å². The summed E-state index contributed by atoms with van der Waals surface area (Å²) in [7, 11) is 1.63. The van der Waals surface area contributed by atoms with Crippen molar-refractivity contribution in [3.05, 3.63) is 65.7 Å². The quantitative estimate of drug-likeness (QED) is 0.804. The van der Waals surface area contributed by atoms with Gasteiger partial charge in [0.25, 0.3) is 0 Å². The third kappa shape index (κ3) is 4.03. The number of carbonyl (C=O) groups is 2. The molecule has 28 heavy (non-hydrogen) atoms. The van der Waals surface area contributed by atoms with E-state index in [0.717, 1.165) is 17.7 Å². The SMILES string of the molecule is COc1ccc(CC(=O)N2CCN(C(=O)[C@H]3C[C@@H]3c3ccccc3)CC2)cc1. The Bertz CT molecular complexity index is 827. The largest absolute Gasteiger partial charge is 0.497 e. The van der Waals surface area contributed by atoms with E-state index >= 15 is 0 Å². The fourth-order valence-corrected chi connectivity index (χ4v) is 3.98. The molecule has 146 valence electrons.